The molecule has 3 heteroatoms. The van der Waals surface area contributed by atoms with E-state index in [9.17, 15) is 9.90 Å². The van der Waals surface area contributed by atoms with Crippen LogP contribution in [-0.4, -0.2) is 35.1 Å². The van der Waals surface area contributed by atoms with Crippen molar-refractivity contribution in [3.8, 4) is 0 Å². The largest absolute Gasteiger partial charge is 0.393 e. The van der Waals surface area contributed by atoms with E-state index < -0.39 is 0 Å². The third kappa shape index (κ3) is 3.05. The van der Waals surface area contributed by atoms with E-state index in [4.69, 9.17) is 0 Å². The number of carbonyl (C=O) groups excluding carboxylic acids is 1. The molecule has 22 heavy (non-hydrogen) atoms. The molecule has 1 N–H and O–H groups in total. The van der Waals surface area contributed by atoms with Crippen molar-refractivity contribution in [1.82, 2.24) is 4.90 Å². The van der Waals surface area contributed by atoms with Gasteiger partial charge in [0.05, 0.1) is 11.5 Å². The highest BCUT2D eigenvalue weighted by atomic mass is 16.3. The van der Waals surface area contributed by atoms with Crippen LogP contribution in [0.15, 0.2) is 30.3 Å². The first-order valence-corrected chi connectivity index (χ1v) is 8.62. The second-order valence-electron chi connectivity index (χ2n) is 7.19. The van der Waals surface area contributed by atoms with Gasteiger partial charge >= 0.3 is 0 Å². The van der Waals surface area contributed by atoms with Gasteiger partial charge in [-0.1, -0.05) is 36.8 Å². The van der Waals surface area contributed by atoms with Crippen LogP contribution in [0.2, 0.25) is 0 Å². The Morgan fingerprint density at radius 1 is 1.32 bits per heavy atom. The van der Waals surface area contributed by atoms with E-state index in [1.807, 2.05) is 17.9 Å². The Labute approximate surface area is 133 Å². The van der Waals surface area contributed by atoms with Gasteiger partial charge in [-0.3, -0.25) is 4.79 Å². The molecule has 1 amide bonds. The van der Waals surface area contributed by atoms with Crippen LogP contribution in [0, 0.1) is 11.3 Å². The maximum absolute atomic E-state index is 13.1. The zero-order valence-corrected chi connectivity index (χ0v) is 13.5. The summed E-state index contributed by atoms with van der Waals surface area (Å²) < 4.78 is 0. The summed E-state index contributed by atoms with van der Waals surface area (Å²) in [7, 11) is 0. The van der Waals surface area contributed by atoms with E-state index >= 15 is 0 Å². The lowest BCUT2D eigenvalue weighted by atomic mass is 9.64. The average molecular weight is 301 g/mol. The van der Waals surface area contributed by atoms with Crippen molar-refractivity contribution in [1.29, 1.82) is 0 Å². The maximum atomic E-state index is 13.1. The van der Waals surface area contributed by atoms with Crippen molar-refractivity contribution in [2.45, 2.75) is 51.6 Å². The van der Waals surface area contributed by atoms with Crippen LogP contribution < -0.4 is 0 Å². The molecule has 0 radical (unpaired) electrons. The van der Waals surface area contributed by atoms with Crippen LogP contribution in [-0.2, 0) is 11.2 Å². The molecule has 1 aliphatic carbocycles. The first-order valence-electron chi connectivity index (χ1n) is 8.62. The molecule has 2 fully saturated rings. The number of carbonyl (C=O) groups is 1. The number of benzene rings is 1. The molecule has 3 rings (SSSR count). The average Bonchev–Trinajstić information content (AvgIpc) is 2.51. The standard InChI is InChI=1S/C19H27NO2/c1-15(21)17-9-5-12-20(14-17)18(22)19(10-6-11-19)13-16-7-3-2-4-8-16/h2-4,7-8,15,17,21H,5-6,9-14H2,1H3. The normalized spacial score (nSPS) is 25.4. The summed E-state index contributed by atoms with van der Waals surface area (Å²) >= 11 is 0. The number of amides is 1. The van der Waals surface area contributed by atoms with Crippen LogP contribution in [0.5, 0.6) is 0 Å². The van der Waals surface area contributed by atoms with Crippen LogP contribution in [0.25, 0.3) is 0 Å². The minimum atomic E-state index is -0.318. The highest BCUT2D eigenvalue weighted by Gasteiger charge is 2.46. The van der Waals surface area contributed by atoms with Gasteiger partial charge in [-0.2, -0.15) is 0 Å². The van der Waals surface area contributed by atoms with E-state index in [1.54, 1.807) is 0 Å². The molecule has 120 valence electrons. The van der Waals surface area contributed by atoms with Crippen LogP contribution in [0.4, 0.5) is 0 Å². The molecule has 0 bridgehead atoms. The van der Waals surface area contributed by atoms with E-state index in [-0.39, 0.29) is 17.4 Å². The smallest absolute Gasteiger partial charge is 0.229 e. The summed E-state index contributed by atoms with van der Waals surface area (Å²) in [6.45, 7) is 3.44. The molecule has 2 atom stereocenters. The highest BCUT2D eigenvalue weighted by molar-refractivity contribution is 5.84. The third-order valence-corrected chi connectivity index (χ3v) is 5.58. The minimum Gasteiger partial charge on any atom is -0.393 e. The highest BCUT2D eigenvalue weighted by Crippen LogP contribution is 2.45. The minimum absolute atomic E-state index is 0.179. The van der Waals surface area contributed by atoms with Crippen LogP contribution in [0.1, 0.15) is 44.6 Å². The second-order valence-corrected chi connectivity index (χ2v) is 7.19. The molecule has 1 aromatic rings. The molecule has 1 heterocycles. The zero-order chi connectivity index (χ0) is 15.6. The molecule has 1 aliphatic heterocycles. The van der Waals surface area contributed by atoms with Gasteiger partial charge < -0.3 is 10.0 Å². The fourth-order valence-corrected chi connectivity index (χ4v) is 3.98. The summed E-state index contributed by atoms with van der Waals surface area (Å²) in [5.41, 5.74) is 1.08. The van der Waals surface area contributed by atoms with Crippen molar-refractivity contribution in [2.24, 2.45) is 11.3 Å². The fraction of sp³-hybridized carbons (Fsp3) is 0.632. The van der Waals surface area contributed by atoms with Gasteiger partial charge in [0.15, 0.2) is 0 Å². The lowest BCUT2D eigenvalue weighted by Gasteiger charge is -2.46. The van der Waals surface area contributed by atoms with Gasteiger partial charge in [0.1, 0.15) is 0 Å². The summed E-state index contributed by atoms with van der Waals surface area (Å²) in [6.07, 6.45) is 5.78. The van der Waals surface area contributed by atoms with E-state index in [0.717, 1.165) is 51.6 Å². The zero-order valence-electron chi connectivity index (χ0n) is 13.5. The van der Waals surface area contributed by atoms with Crippen molar-refractivity contribution < 1.29 is 9.90 Å². The van der Waals surface area contributed by atoms with Crippen molar-refractivity contribution in [3.05, 3.63) is 35.9 Å². The number of aliphatic hydroxyl groups excluding tert-OH is 1. The lowest BCUT2D eigenvalue weighted by molar-refractivity contribution is -0.150. The molecule has 3 nitrogen and oxygen atoms in total. The second kappa shape index (κ2) is 6.41. The number of aliphatic hydroxyl groups is 1. The molecule has 1 aromatic carbocycles. The fourth-order valence-electron chi connectivity index (χ4n) is 3.98. The van der Waals surface area contributed by atoms with Gasteiger partial charge in [-0.15, -0.1) is 0 Å². The summed E-state index contributed by atoms with van der Waals surface area (Å²) in [5.74, 6) is 0.569. The van der Waals surface area contributed by atoms with E-state index in [0.29, 0.717) is 5.91 Å². The number of piperidine rings is 1. The summed E-state index contributed by atoms with van der Waals surface area (Å²) in [4.78, 5) is 15.1. The number of likely N-dealkylation sites (tertiary alicyclic amines) is 1. The summed E-state index contributed by atoms with van der Waals surface area (Å²) in [6, 6.07) is 10.4. The Hall–Kier alpha value is -1.35. The molecule has 2 unspecified atom stereocenters. The number of nitrogens with zero attached hydrogens (tertiary/aromatic N) is 1. The number of hydrogen-bond acceptors (Lipinski definition) is 2. The lowest BCUT2D eigenvalue weighted by Crippen LogP contribution is -2.53. The quantitative estimate of drug-likeness (QED) is 0.928. The molecule has 1 saturated heterocycles. The Morgan fingerprint density at radius 3 is 2.64 bits per heavy atom. The van der Waals surface area contributed by atoms with Crippen molar-refractivity contribution >= 4 is 5.91 Å². The molecule has 0 aromatic heterocycles. The van der Waals surface area contributed by atoms with E-state index in [2.05, 4.69) is 24.3 Å². The van der Waals surface area contributed by atoms with Crippen LogP contribution in [0.3, 0.4) is 0 Å². The van der Waals surface area contributed by atoms with Gasteiger partial charge in [0.2, 0.25) is 5.91 Å². The van der Waals surface area contributed by atoms with Crippen molar-refractivity contribution in [2.75, 3.05) is 13.1 Å². The Morgan fingerprint density at radius 2 is 2.05 bits per heavy atom. The third-order valence-electron chi connectivity index (χ3n) is 5.58. The molecular formula is C19H27NO2. The van der Waals surface area contributed by atoms with Crippen LogP contribution >= 0.6 is 0 Å². The first-order chi connectivity index (χ1) is 10.6. The maximum Gasteiger partial charge on any atom is 0.229 e. The molecule has 1 saturated carbocycles. The monoisotopic (exact) mass is 301 g/mol. The Balaban J connectivity index is 1.71. The number of rotatable bonds is 4. The van der Waals surface area contributed by atoms with Gasteiger partial charge in [0.25, 0.3) is 0 Å². The van der Waals surface area contributed by atoms with Gasteiger partial charge in [-0.25, -0.2) is 0 Å². The Kier molecular flexibility index (Phi) is 4.53. The first kappa shape index (κ1) is 15.5. The molecule has 2 aliphatic rings. The molecule has 0 spiro atoms. The van der Waals surface area contributed by atoms with Crippen molar-refractivity contribution in [3.63, 3.8) is 0 Å². The Bertz CT molecular complexity index is 507. The van der Waals surface area contributed by atoms with Gasteiger partial charge in [0, 0.05) is 19.0 Å². The van der Waals surface area contributed by atoms with E-state index in [1.165, 1.54) is 5.56 Å². The topological polar surface area (TPSA) is 40.5 Å². The summed E-state index contributed by atoms with van der Waals surface area (Å²) in [5, 5.41) is 9.85. The SMILES string of the molecule is CC(O)C1CCCN(C(=O)C2(Cc3ccccc3)CCC2)C1. The molecular weight excluding hydrogens is 274 g/mol. The predicted octanol–water partition coefficient (Wildman–Crippen LogP) is 3.02. The predicted molar refractivity (Wildman–Crippen MR) is 87.4 cm³/mol. The van der Waals surface area contributed by atoms with Gasteiger partial charge in [-0.05, 0) is 44.6 Å². The number of hydrogen-bond donors (Lipinski definition) is 1.